The fourth-order valence-electron chi connectivity index (χ4n) is 5.65. The van der Waals surface area contributed by atoms with E-state index in [0.717, 1.165) is 42.4 Å². The Kier molecular flexibility index (Phi) is 8.03. The number of anilines is 1. The van der Waals surface area contributed by atoms with Gasteiger partial charge in [0.05, 0.1) is 6.04 Å². The van der Waals surface area contributed by atoms with Crippen molar-refractivity contribution in [2.75, 3.05) is 25.5 Å². The molecule has 0 spiro atoms. The van der Waals surface area contributed by atoms with Crippen LogP contribution in [0.5, 0.6) is 0 Å². The fraction of sp³-hybridized carbons (Fsp3) is 0.452. The van der Waals surface area contributed by atoms with Gasteiger partial charge >= 0.3 is 6.09 Å². The lowest BCUT2D eigenvalue weighted by atomic mass is 9.83. The maximum Gasteiger partial charge on any atom is 0.410 e. The van der Waals surface area contributed by atoms with Crippen LogP contribution in [0.25, 0.3) is 22.3 Å². The summed E-state index contributed by atoms with van der Waals surface area (Å²) < 4.78 is 38.0. The van der Waals surface area contributed by atoms with E-state index in [1.165, 1.54) is 17.8 Å². The average Bonchev–Trinajstić information content (AvgIpc) is 3.43. The predicted octanol–water partition coefficient (Wildman–Crippen LogP) is 7.30. The van der Waals surface area contributed by atoms with Gasteiger partial charge in [-0.05, 0) is 98.9 Å². The number of pyridine rings is 2. The SMILES string of the molecule is CC(C)(C)OC(=O)N1CCC[C@H]1c1cc(-c2cnc(N)c(-c3ccnc(C(F)F)c3)c2)ccc1C1CCOCC1. The number of nitrogens with two attached hydrogens (primary N) is 1. The van der Waals surface area contributed by atoms with E-state index in [-0.39, 0.29) is 23.6 Å². The van der Waals surface area contributed by atoms with Crippen molar-refractivity contribution in [2.45, 2.75) is 70.4 Å². The largest absolute Gasteiger partial charge is 0.444 e. The number of aromatic nitrogens is 2. The number of alkyl halides is 2. The molecule has 3 aromatic rings. The first-order valence-corrected chi connectivity index (χ1v) is 13.8. The molecule has 7 nitrogen and oxygen atoms in total. The maximum atomic E-state index is 13.3. The number of carbonyl (C=O) groups excluding carboxylic acids is 1. The third-order valence-electron chi connectivity index (χ3n) is 7.56. The van der Waals surface area contributed by atoms with Gasteiger partial charge in [-0.3, -0.25) is 4.98 Å². The Morgan fingerprint density at radius 1 is 1.02 bits per heavy atom. The maximum absolute atomic E-state index is 13.3. The van der Waals surface area contributed by atoms with Crippen molar-refractivity contribution in [1.82, 2.24) is 14.9 Å². The lowest BCUT2D eigenvalue weighted by Gasteiger charge is -2.32. The number of likely N-dealkylation sites (tertiary alicyclic amines) is 1. The highest BCUT2D eigenvalue weighted by atomic mass is 19.3. The van der Waals surface area contributed by atoms with Crippen molar-refractivity contribution in [1.29, 1.82) is 0 Å². The minimum absolute atomic E-state index is 0.109. The molecule has 2 aliphatic rings. The van der Waals surface area contributed by atoms with Crippen molar-refractivity contribution < 1.29 is 23.0 Å². The van der Waals surface area contributed by atoms with Crippen LogP contribution in [0.1, 0.15) is 81.7 Å². The van der Waals surface area contributed by atoms with Crippen LogP contribution in [0.15, 0.2) is 48.8 Å². The molecule has 5 rings (SSSR count). The Bertz CT molecular complexity index is 1370. The number of benzene rings is 1. The number of carbonyl (C=O) groups is 1. The third-order valence-corrected chi connectivity index (χ3v) is 7.56. The van der Waals surface area contributed by atoms with E-state index < -0.39 is 12.0 Å². The fourth-order valence-corrected chi connectivity index (χ4v) is 5.65. The van der Waals surface area contributed by atoms with E-state index in [4.69, 9.17) is 15.2 Å². The second kappa shape index (κ2) is 11.5. The van der Waals surface area contributed by atoms with E-state index >= 15 is 0 Å². The monoisotopic (exact) mass is 550 g/mol. The standard InChI is InChI=1S/C31H36F2N4O3/c1-31(2,3)40-30(38)37-12-4-5-27(37)25-15-20(6-7-23(25)19-9-13-39-14-10-19)22-16-24(29(34)36-18-22)21-8-11-35-26(17-21)28(32)33/h6-8,11,15-19,27-28H,4-5,9-10,12-14H2,1-3H3,(H2,34,36)/t27-/m0/s1. The van der Waals surface area contributed by atoms with Gasteiger partial charge in [0.2, 0.25) is 0 Å². The van der Waals surface area contributed by atoms with Gasteiger partial charge in [-0.25, -0.2) is 18.6 Å². The topological polar surface area (TPSA) is 90.6 Å². The number of rotatable bonds is 5. The van der Waals surface area contributed by atoms with Gasteiger partial charge in [-0.1, -0.05) is 12.1 Å². The minimum Gasteiger partial charge on any atom is -0.444 e. The van der Waals surface area contributed by atoms with Crippen LogP contribution < -0.4 is 5.73 Å². The molecule has 2 fully saturated rings. The first-order valence-electron chi connectivity index (χ1n) is 13.8. The van der Waals surface area contributed by atoms with Gasteiger partial charge < -0.3 is 20.1 Å². The normalized spacial score (nSPS) is 18.4. The summed E-state index contributed by atoms with van der Waals surface area (Å²) >= 11 is 0. The molecule has 212 valence electrons. The Balaban J connectivity index is 1.56. The molecule has 40 heavy (non-hydrogen) atoms. The summed E-state index contributed by atoms with van der Waals surface area (Å²) in [6, 6.07) is 11.1. The lowest BCUT2D eigenvalue weighted by Crippen LogP contribution is -2.36. The molecule has 0 saturated carbocycles. The van der Waals surface area contributed by atoms with E-state index in [2.05, 4.69) is 28.2 Å². The molecule has 0 bridgehead atoms. The van der Waals surface area contributed by atoms with Crippen LogP contribution in [0.3, 0.4) is 0 Å². The van der Waals surface area contributed by atoms with Crippen molar-refractivity contribution in [3.05, 3.63) is 65.6 Å². The van der Waals surface area contributed by atoms with Crippen molar-refractivity contribution in [2.24, 2.45) is 0 Å². The minimum atomic E-state index is -2.68. The zero-order chi connectivity index (χ0) is 28.4. The highest BCUT2D eigenvalue weighted by Crippen LogP contribution is 2.42. The number of nitrogens with zero attached hydrogens (tertiary/aromatic N) is 3. The van der Waals surface area contributed by atoms with Crippen LogP contribution in [-0.4, -0.2) is 46.3 Å². The molecule has 9 heteroatoms. The Morgan fingerprint density at radius 3 is 2.52 bits per heavy atom. The van der Waals surface area contributed by atoms with Crippen molar-refractivity contribution >= 4 is 11.9 Å². The first kappa shape index (κ1) is 28.0. The molecule has 2 saturated heterocycles. The van der Waals surface area contributed by atoms with Crippen molar-refractivity contribution in [3.8, 4) is 22.3 Å². The van der Waals surface area contributed by atoms with Crippen LogP contribution >= 0.6 is 0 Å². The molecule has 1 aromatic carbocycles. The van der Waals surface area contributed by atoms with Gasteiger partial charge in [0.25, 0.3) is 6.43 Å². The average molecular weight is 551 g/mol. The van der Waals surface area contributed by atoms with Gasteiger partial charge in [0.1, 0.15) is 17.1 Å². The van der Waals surface area contributed by atoms with Crippen LogP contribution in [0, 0.1) is 0 Å². The van der Waals surface area contributed by atoms with E-state index in [9.17, 15) is 13.6 Å². The van der Waals surface area contributed by atoms with E-state index in [1.807, 2.05) is 31.7 Å². The third kappa shape index (κ3) is 6.09. The molecule has 2 aliphatic heterocycles. The number of hydrogen-bond acceptors (Lipinski definition) is 6. The second-order valence-electron chi connectivity index (χ2n) is 11.5. The molecular formula is C31H36F2N4O3. The van der Waals surface area contributed by atoms with Crippen LogP contribution in [0.4, 0.5) is 19.4 Å². The van der Waals surface area contributed by atoms with Gasteiger partial charge in [-0.2, -0.15) is 0 Å². The van der Waals surface area contributed by atoms with Gasteiger partial charge in [-0.15, -0.1) is 0 Å². The molecule has 0 unspecified atom stereocenters. The molecule has 1 atom stereocenters. The quantitative estimate of drug-likeness (QED) is 0.359. The van der Waals surface area contributed by atoms with Crippen molar-refractivity contribution in [3.63, 3.8) is 0 Å². The number of halogens is 2. The highest BCUT2D eigenvalue weighted by molar-refractivity contribution is 5.79. The predicted molar refractivity (Wildman–Crippen MR) is 150 cm³/mol. The zero-order valence-electron chi connectivity index (χ0n) is 23.2. The van der Waals surface area contributed by atoms with Crippen LogP contribution in [0.2, 0.25) is 0 Å². The molecular weight excluding hydrogens is 514 g/mol. The van der Waals surface area contributed by atoms with Gasteiger partial charge in [0.15, 0.2) is 0 Å². The Labute approximate surface area is 233 Å². The summed E-state index contributed by atoms with van der Waals surface area (Å²) in [6.07, 6.45) is 3.65. The zero-order valence-corrected chi connectivity index (χ0v) is 23.2. The summed E-state index contributed by atoms with van der Waals surface area (Å²) in [5.41, 5.74) is 10.4. The molecule has 0 radical (unpaired) electrons. The summed E-state index contributed by atoms with van der Waals surface area (Å²) in [5.74, 6) is 0.588. The van der Waals surface area contributed by atoms with Crippen LogP contribution in [-0.2, 0) is 9.47 Å². The molecule has 4 heterocycles. The summed E-state index contributed by atoms with van der Waals surface area (Å²) in [4.78, 5) is 23.2. The number of hydrogen-bond donors (Lipinski definition) is 1. The summed E-state index contributed by atoms with van der Waals surface area (Å²) in [7, 11) is 0. The molecule has 2 N–H and O–H groups in total. The molecule has 2 aromatic heterocycles. The Morgan fingerprint density at radius 2 is 1.80 bits per heavy atom. The Hall–Kier alpha value is -3.59. The van der Waals surface area contributed by atoms with E-state index in [1.54, 1.807) is 12.3 Å². The number of ether oxygens (including phenoxy) is 2. The summed E-state index contributed by atoms with van der Waals surface area (Å²) in [6.45, 7) is 7.70. The first-order chi connectivity index (χ1) is 19.1. The molecule has 1 amide bonds. The van der Waals surface area contributed by atoms with Gasteiger partial charge in [0, 0.05) is 43.3 Å². The number of amides is 1. The highest BCUT2D eigenvalue weighted by Gasteiger charge is 2.35. The summed E-state index contributed by atoms with van der Waals surface area (Å²) in [5, 5.41) is 0. The molecule has 0 aliphatic carbocycles. The lowest BCUT2D eigenvalue weighted by molar-refractivity contribution is 0.0222. The second-order valence-corrected chi connectivity index (χ2v) is 11.5. The smallest absolute Gasteiger partial charge is 0.410 e. The van der Waals surface area contributed by atoms with E-state index in [0.29, 0.717) is 36.8 Å². The number of nitrogen functional groups attached to an aromatic ring is 1.